The van der Waals surface area contributed by atoms with E-state index in [-0.39, 0.29) is 0 Å². The van der Waals surface area contributed by atoms with Crippen molar-refractivity contribution in [3.63, 3.8) is 0 Å². The summed E-state index contributed by atoms with van der Waals surface area (Å²) in [5, 5.41) is 0. The molecule has 0 rings (SSSR count). The predicted octanol–water partition coefficient (Wildman–Crippen LogP) is 1.04. The first-order valence-corrected chi connectivity index (χ1v) is 6.23. The van der Waals surface area contributed by atoms with Crippen molar-refractivity contribution in [2.45, 2.75) is 0 Å². The van der Waals surface area contributed by atoms with E-state index in [1.165, 1.54) is 0 Å². The molecular formula is C2H6Cl2O2S2. The highest BCUT2D eigenvalue weighted by Gasteiger charge is 1.68. The molecule has 0 atom stereocenters. The second-order valence-corrected chi connectivity index (χ2v) is 4.93. The molecule has 6 heteroatoms. The molecule has 0 aliphatic carbocycles. The van der Waals surface area contributed by atoms with Gasteiger partial charge in [0.05, 0.1) is 0 Å². The van der Waals surface area contributed by atoms with Gasteiger partial charge in [0.15, 0.2) is 0 Å². The molecule has 0 amide bonds. The molecule has 0 N–H and O–H groups in total. The molecule has 0 aromatic rings. The van der Waals surface area contributed by atoms with Crippen molar-refractivity contribution < 1.29 is 8.42 Å². The third-order valence-corrected chi connectivity index (χ3v) is 0. The first-order valence-electron chi connectivity index (χ1n) is 1.46. The molecule has 0 heterocycles. The van der Waals surface area contributed by atoms with Crippen LogP contribution in [0.1, 0.15) is 0 Å². The van der Waals surface area contributed by atoms with E-state index in [9.17, 15) is 4.21 Å². The van der Waals surface area contributed by atoms with Gasteiger partial charge in [-0.05, 0) is 0 Å². The van der Waals surface area contributed by atoms with Crippen LogP contribution in [0.5, 0.6) is 0 Å². The highest BCUT2D eigenvalue weighted by molar-refractivity contribution is 8.26. The monoisotopic (exact) mass is 196 g/mol. The fraction of sp³-hybridized carbons (Fsp3) is 1.00. The Balaban J connectivity index is 0. The topological polar surface area (TPSA) is 34.1 Å². The maximum absolute atomic E-state index is 9.56. The number of rotatable bonds is 0. The Morgan fingerprint density at radius 2 is 1.12 bits per heavy atom. The zero-order valence-electron chi connectivity index (χ0n) is 4.39. The second kappa shape index (κ2) is 7.88. The molecule has 0 aromatic heterocycles. The highest BCUT2D eigenvalue weighted by atomic mass is 36.0. The zero-order chi connectivity index (χ0) is 7.15. The van der Waals surface area contributed by atoms with Crippen molar-refractivity contribution in [2.75, 3.05) is 12.5 Å². The summed E-state index contributed by atoms with van der Waals surface area (Å²) >= 11 is 0. The first kappa shape index (κ1) is 11.6. The van der Waals surface area contributed by atoms with E-state index in [1.54, 1.807) is 12.5 Å². The molecule has 0 aliphatic rings. The minimum absolute atomic E-state index is 0.611. The maximum Gasteiger partial charge on any atom is 0.211 e. The van der Waals surface area contributed by atoms with E-state index in [2.05, 4.69) is 21.4 Å². The largest absolute Gasteiger partial charge is 0.260 e. The lowest BCUT2D eigenvalue weighted by molar-refractivity contribution is 0.690. The van der Waals surface area contributed by atoms with Crippen LogP contribution in [0.3, 0.4) is 0 Å². The highest BCUT2D eigenvalue weighted by Crippen LogP contribution is 1.89. The normalized spacial score (nSPS) is 8.75. The minimum atomic E-state index is -1.67. The summed E-state index contributed by atoms with van der Waals surface area (Å²) in [6.45, 7) is 0. The van der Waals surface area contributed by atoms with E-state index in [4.69, 9.17) is 4.21 Å². The lowest BCUT2D eigenvalue weighted by Crippen LogP contribution is -1.70. The van der Waals surface area contributed by atoms with Gasteiger partial charge in [-0.3, -0.25) is 4.21 Å². The van der Waals surface area contributed by atoms with Crippen molar-refractivity contribution in [1.29, 1.82) is 0 Å². The Bertz CT molecular complexity index is 74.0. The van der Waals surface area contributed by atoms with Crippen molar-refractivity contribution in [3.8, 4) is 0 Å². The van der Waals surface area contributed by atoms with Crippen molar-refractivity contribution in [1.82, 2.24) is 0 Å². The Kier molecular flexibility index (Phi) is 11.5. The SMILES string of the molecule is CS(C)=O.O=S(Cl)Cl. The summed E-state index contributed by atoms with van der Waals surface area (Å²) in [5.74, 6) is 0. The van der Waals surface area contributed by atoms with E-state index in [0.717, 1.165) is 0 Å². The molecule has 0 saturated heterocycles. The lowest BCUT2D eigenvalue weighted by Gasteiger charge is -1.60. The average molecular weight is 197 g/mol. The van der Waals surface area contributed by atoms with Crippen LogP contribution >= 0.6 is 21.4 Å². The fourth-order valence-electron chi connectivity index (χ4n) is 0. The van der Waals surface area contributed by atoms with Gasteiger partial charge in [0, 0.05) is 44.7 Å². The molecule has 0 bridgehead atoms. The summed E-state index contributed by atoms with van der Waals surface area (Å²) < 4.78 is 18.6. The van der Waals surface area contributed by atoms with Gasteiger partial charge in [-0.1, -0.05) is 0 Å². The molecule has 52 valence electrons. The summed E-state index contributed by atoms with van der Waals surface area (Å²) in [6.07, 6.45) is 3.28. The number of hydrogen-bond donors (Lipinski definition) is 0. The molecule has 0 spiro atoms. The summed E-state index contributed by atoms with van der Waals surface area (Å²) in [4.78, 5) is 0. The minimum Gasteiger partial charge on any atom is -0.260 e. The Morgan fingerprint density at radius 3 is 1.12 bits per heavy atom. The van der Waals surface area contributed by atoms with Crippen LogP contribution in [0.25, 0.3) is 0 Å². The molecule has 0 aliphatic heterocycles. The standard InChI is InChI=1S/C2H6OS.Cl2OS/c2*1-4(2)3/h1-2H3;. The lowest BCUT2D eigenvalue weighted by atomic mass is 11.9. The molecule has 0 fully saturated rings. The molecule has 0 aromatic carbocycles. The van der Waals surface area contributed by atoms with Crippen molar-refractivity contribution >= 4 is 41.4 Å². The molecule has 0 saturated carbocycles. The molecule has 8 heavy (non-hydrogen) atoms. The molecule has 2 nitrogen and oxygen atoms in total. The summed E-state index contributed by atoms with van der Waals surface area (Å²) in [7, 11) is 6.75. The van der Waals surface area contributed by atoms with Crippen molar-refractivity contribution in [3.05, 3.63) is 0 Å². The van der Waals surface area contributed by atoms with Crippen LogP contribution in [0.2, 0.25) is 0 Å². The second-order valence-electron chi connectivity index (χ2n) is 0.926. The maximum atomic E-state index is 9.56. The van der Waals surface area contributed by atoms with E-state index >= 15 is 0 Å². The van der Waals surface area contributed by atoms with Gasteiger partial charge in [0.1, 0.15) is 0 Å². The third-order valence-electron chi connectivity index (χ3n) is 0. The Labute approximate surface area is 62.5 Å². The van der Waals surface area contributed by atoms with E-state index < -0.39 is 20.0 Å². The van der Waals surface area contributed by atoms with Gasteiger partial charge in [-0.25, -0.2) is 4.21 Å². The fourth-order valence-corrected chi connectivity index (χ4v) is 0. The predicted molar refractivity (Wildman–Crippen MR) is 39.8 cm³/mol. The van der Waals surface area contributed by atoms with Gasteiger partial charge in [0.25, 0.3) is 0 Å². The summed E-state index contributed by atoms with van der Waals surface area (Å²) in [6, 6.07) is 0. The number of halogens is 2. The van der Waals surface area contributed by atoms with Crippen LogP contribution in [0, 0.1) is 0 Å². The van der Waals surface area contributed by atoms with Gasteiger partial charge >= 0.3 is 0 Å². The Morgan fingerprint density at radius 1 is 1.12 bits per heavy atom. The zero-order valence-corrected chi connectivity index (χ0v) is 7.53. The van der Waals surface area contributed by atoms with Crippen LogP contribution < -0.4 is 0 Å². The van der Waals surface area contributed by atoms with E-state index in [1.807, 2.05) is 0 Å². The van der Waals surface area contributed by atoms with Gasteiger partial charge in [0.2, 0.25) is 9.23 Å². The number of hydrogen-bond acceptors (Lipinski definition) is 2. The molecular weight excluding hydrogens is 191 g/mol. The average Bonchev–Trinajstić information content (AvgIpc) is 1.25. The molecule has 0 unspecified atom stereocenters. The van der Waals surface area contributed by atoms with Gasteiger partial charge < -0.3 is 0 Å². The van der Waals surface area contributed by atoms with Gasteiger partial charge in [-0.15, -0.1) is 0 Å². The first-order chi connectivity index (χ1) is 3.46. The van der Waals surface area contributed by atoms with Crippen LogP contribution in [-0.4, -0.2) is 20.9 Å². The van der Waals surface area contributed by atoms with Gasteiger partial charge in [-0.2, -0.15) is 0 Å². The van der Waals surface area contributed by atoms with E-state index in [0.29, 0.717) is 0 Å². The quantitative estimate of drug-likeness (QED) is 0.543. The van der Waals surface area contributed by atoms with Crippen LogP contribution in [-0.2, 0) is 20.0 Å². The smallest absolute Gasteiger partial charge is 0.211 e. The van der Waals surface area contributed by atoms with Crippen LogP contribution in [0.4, 0.5) is 0 Å². The van der Waals surface area contributed by atoms with Crippen molar-refractivity contribution in [2.24, 2.45) is 0 Å². The molecule has 0 radical (unpaired) electrons. The van der Waals surface area contributed by atoms with Crippen LogP contribution in [0.15, 0.2) is 0 Å². The summed E-state index contributed by atoms with van der Waals surface area (Å²) in [5.41, 5.74) is 0. The Hall–Kier alpha value is 0.880. The third kappa shape index (κ3) is 307.